The molecule has 0 amide bonds. The summed E-state index contributed by atoms with van der Waals surface area (Å²) in [4.78, 5) is 19.1. The third-order valence-electron chi connectivity index (χ3n) is 11.5. The average Bonchev–Trinajstić information content (AvgIpc) is 4.00. The molecule has 5 heteroatoms. The summed E-state index contributed by atoms with van der Waals surface area (Å²) in [6, 6.07) is 49.8. The van der Waals surface area contributed by atoms with E-state index >= 15 is 0 Å². The van der Waals surface area contributed by atoms with Crippen LogP contribution in [0.1, 0.15) is 50.5 Å². The van der Waals surface area contributed by atoms with Crippen LogP contribution in [0.15, 0.2) is 140 Å². The highest BCUT2D eigenvalue weighted by atomic mass is 15.3. The largest absolute Gasteiger partial charge is 0.354 e. The van der Waals surface area contributed by atoms with Crippen LogP contribution in [0.2, 0.25) is 0 Å². The second-order valence-corrected chi connectivity index (χ2v) is 15.8. The van der Waals surface area contributed by atoms with Gasteiger partial charge in [0.15, 0.2) is 0 Å². The van der Waals surface area contributed by atoms with Crippen LogP contribution >= 0.6 is 0 Å². The summed E-state index contributed by atoms with van der Waals surface area (Å²) in [7, 11) is 6.60. The molecule has 0 saturated carbocycles. The zero-order valence-corrected chi connectivity index (χ0v) is 33.1. The fourth-order valence-corrected chi connectivity index (χ4v) is 8.19. The monoisotopic (exact) mass is 728 g/mol. The van der Waals surface area contributed by atoms with Gasteiger partial charge in [-0.1, -0.05) is 91.0 Å². The van der Waals surface area contributed by atoms with Gasteiger partial charge in [0.2, 0.25) is 0 Å². The fourth-order valence-electron chi connectivity index (χ4n) is 8.19. The molecule has 3 aromatic heterocycles. The van der Waals surface area contributed by atoms with E-state index in [-0.39, 0.29) is 0 Å². The van der Waals surface area contributed by atoms with Crippen molar-refractivity contribution >= 4 is 50.0 Å². The molecule has 0 saturated heterocycles. The molecular formula is C51H46N5+. The van der Waals surface area contributed by atoms with E-state index in [0.29, 0.717) is 0 Å². The van der Waals surface area contributed by atoms with Gasteiger partial charge in [0, 0.05) is 44.3 Å². The molecule has 0 fully saturated rings. The van der Waals surface area contributed by atoms with Crippen LogP contribution in [0.4, 0.5) is 5.69 Å². The second-order valence-electron chi connectivity index (χ2n) is 15.8. The van der Waals surface area contributed by atoms with Crippen LogP contribution in [0.3, 0.4) is 0 Å². The topological polar surface area (TPSA) is 57.4 Å². The van der Waals surface area contributed by atoms with E-state index < -0.39 is 0 Å². The molecule has 0 radical (unpaired) electrons. The van der Waals surface area contributed by atoms with E-state index in [4.69, 9.17) is 9.97 Å². The van der Waals surface area contributed by atoms with Crippen molar-refractivity contribution < 1.29 is 0 Å². The van der Waals surface area contributed by atoms with Crippen molar-refractivity contribution in [3.63, 3.8) is 0 Å². The number of quaternary nitrogens is 1. The van der Waals surface area contributed by atoms with E-state index in [1.165, 1.54) is 5.69 Å². The average molecular weight is 729 g/mol. The molecule has 5 nitrogen and oxygen atoms in total. The smallest absolute Gasteiger partial charge is 0.132 e. The number of rotatable bonds is 5. The quantitative estimate of drug-likeness (QED) is 0.173. The Balaban J connectivity index is 1.52. The van der Waals surface area contributed by atoms with E-state index in [0.717, 1.165) is 116 Å². The molecule has 2 aliphatic heterocycles. The number of benzene rings is 4. The van der Waals surface area contributed by atoms with Crippen molar-refractivity contribution in [2.24, 2.45) is 0 Å². The van der Waals surface area contributed by atoms with Crippen LogP contribution in [-0.4, -0.2) is 41.1 Å². The number of hydrogen-bond donors (Lipinski definition) is 2. The third-order valence-corrected chi connectivity index (χ3v) is 11.5. The molecule has 0 atom stereocenters. The maximum absolute atomic E-state index is 5.64. The first kappa shape index (κ1) is 35.2. The number of H-pyrrole nitrogens is 2. The Kier molecular flexibility index (Phi) is 8.56. The summed E-state index contributed by atoms with van der Waals surface area (Å²) in [5.74, 6) is 0. The first-order valence-electron chi connectivity index (χ1n) is 19.3. The Morgan fingerprint density at radius 2 is 0.607 bits per heavy atom. The summed E-state index contributed by atoms with van der Waals surface area (Å²) < 4.78 is 0.735. The summed E-state index contributed by atoms with van der Waals surface area (Å²) in [6.45, 7) is 8.84. The minimum atomic E-state index is 0.735. The van der Waals surface area contributed by atoms with Crippen LogP contribution in [0.5, 0.6) is 0 Å². The standard InChI is InChI=1S/C51H46N5/c1-31-32(2)49-46(37-21-15-10-16-22-37)42-29-30-43(53-42)47(38-23-25-39(26-24-38)56(5,6)7)51-34(4)33(3)50(55-51)45(36-19-13-9-14-20-36)41-28-27-40(52-41)44(48(31)54-49)35-17-11-8-12-18-35/h8-30,52-53H,1-7H3/q+1. The molecule has 9 rings (SSSR count). The highest BCUT2D eigenvalue weighted by molar-refractivity contribution is 6.06. The van der Waals surface area contributed by atoms with Crippen molar-refractivity contribution in [1.29, 1.82) is 0 Å². The van der Waals surface area contributed by atoms with Gasteiger partial charge in [-0.05, 0) is 121 Å². The Hall–Kier alpha value is -6.56. The van der Waals surface area contributed by atoms with Gasteiger partial charge in [-0.2, -0.15) is 0 Å². The molecule has 0 spiro atoms. The maximum atomic E-state index is 5.64. The molecule has 2 N–H and O–H groups in total. The maximum Gasteiger partial charge on any atom is 0.132 e. The Morgan fingerprint density at radius 3 is 0.875 bits per heavy atom. The number of allylic oxidation sites excluding steroid dienone is 4. The number of aromatic nitrogens is 4. The number of fused-ring (bicyclic) bond motifs is 8. The predicted molar refractivity (Wildman–Crippen MR) is 239 cm³/mol. The van der Waals surface area contributed by atoms with E-state index in [1.807, 2.05) is 0 Å². The van der Waals surface area contributed by atoms with Crippen molar-refractivity contribution in [1.82, 2.24) is 24.4 Å². The van der Waals surface area contributed by atoms with Gasteiger partial charge in [0.25, 0.3) is 0 Å². The minimum Gasteiger partial charge on any atom is -0.354 e. The Bertz CT molecular complexity index is 2850. The zero-order valence-electron chi connectivity index (χ0n) is 33.1. The van der Waals surface area contributed by atoms with Crippen LogP contribution in [-0.2, 0) is 0 Å². The Morgan fingerprint density at radius 1 is 0.339 bits per heavy atom. The van der Waals surface area contributed by atoms with Gasteiger partial charge in [-0.25, -0.2) is 9.97 Å². The summed E-state index contributed by atoms with van der Waals surface area (Å²) in [5.41, 5.74) is 22.5. The van der Waals surface area contributed by atoms with Gasteiger partial charge >= 0.3 is 0 Å². The summed E-state index contributed by atoms with van der Waals surface area (Å²) in [6.07, 6.45) is 0. The summed E-state index contributed by atoms with van der Waals surface area (Å²) >= 11 is 0. The van der Waals surface area contributed by atoms with Gasteiger partial charge in [0.1, 0.15) is 5.69 Å². The van der Waals surface area contributed by atoms with Crippen LogP contribution in [0.25, 0.3) is 88.9 Å². The molecule has 0 unspecified atom stereocenters. The SMILES string of the molecule is CC1=C(C)c2nc1c(-c1ccccc1)c1ccc([nH]1)c(-c1ccccc1)c1nc(c(-c3ccc([N+](C)(C)C)cc3)c3ccc([nH]3)c2-c2ccccc2)C(C)=C1C. The number of nitrogens with zero attached hydrogens (tertiary/aromatic N) is 3. The normalized spacial score (nSPS) is 13.1. The number of hydrogen-bond acceptors (Lipinski definition) is 2. The molecule has 0 aliphatic carbocycles. The van der Waals surface area contributed by atoms with Crippen molar-refractivity contribution in [3.05, 3.63) is 162 Å². The lowest BCUT2D eigenvalue weighted by atomic mass is 9.96. The lowest BCUT2D eigenvalue weighted by molar-refractivity contribution is 0.486. The molecular weight excluding hydrogens is 683 g/mol. The molecule has 274 valence electrons. The fraction of sp³-hybridized carbons (Fsp3) is 0.137. The first-order valence-corrected chi connectivity index (χ1v) is 19.3. The van der Waals surface area contributed by atoms with Gasteiger partial charge in [-0.15, -0.1) is 0 Å². The predicted octanol–water partition coefficient (Wildman–Crippen LogP) is 13.1. The molecule has 8 bridgehead atoms. The highest BCUT2D eigenvalue weighted by Gasteiger charge is 2.26. The van der Waals surface area contributed by atoms with E-state index in [1.54, 1.807) is 0 Å². The first-order chi connectivity index (χ1) is 27.1. The molecule has 5 heterocycles. The molecule has 7 aromatic rings. The van der Waals surface area contributed by atoms with Gasteiger partial charge in [0.05, 0.1) is 43.9 Å². The van der Waals surface area contributed by atoms with Gasteiger partial charge < -0.3 is 9.97 Å². The Labute approximate surface area is 329 Å². The van der Waals surface area contributed by atoms with E-state index in [2.05, 4.69) is 198 Å². The number of aromatic amines is 2. The highest BCUT2D eigenvalue weighted by Crippen LogP contribution is 2.45. The third kappa shape index (κ3) is 5.92. The lowest BCUT2D eigenvalue weighted by Crippen LogP contribution is -2.34. The van der Waals surface area contributed by atoms with Crippen molar-refractivity contribution in [2.45, 2.75) is 27.7 Å². The summed E-state index contributed by atoms with van der Waals surface area (Å²) in [5, 5.41) is 0. The molecule has 4 aromatic carbocycles. The van der Waals surface area contributed by atoms with Crippen molar-refractivity contribution in [3.8, 4) is 44.5 Å². The number of nitrogens with one attached hydrogen (secondary N) is 2. The second kappa shape index (κ2) is 13.6. The zero-order chi connectivity index (χ0) is 38.7. The van der Waals surface area contributed by atoms with Crippen LogP contribution < -0.4 is 4.48 Å². The van der Waals surface area contributed by atoms with Crippen LogP contribution in [0, 0.1) is 0 Å². The molecule has 56 heavy (non-hydrogen) atoms. The van der Waals surface area contributed by atoms with E-state index in [9.17, 15) is 0 Å². The van der Waals surface area contributed by atoms with Gasteiger partial charge in [-0.3, -0.25) is 4.48 Å². The van der Waals surface area contributed by atoms with Crippen molar-refractivity contribution in [2.75, 3.05) is 21.1 Å². The minimum absolute atomic E-state index is 0.735. The lowest BCUT2D eigenvalue weighted by Gasteiger charge is -2.23. The molecule has 2 aliphatic rings.